The summed E-state index contributed by atoms with van der Waals surface area (Å²) in [7, 11) is 0. The molecule has 0 saturated carbocycles. The molecule has 3 aromatic carbocycles. The number of benzene rings is 2. The van der Waals surface area contributed by atoms with Gasteiger partial charge in [-0.2, -0.15) is 0 Å². The van der Waals surface area contributed by atoms with E-state index in [2.05, 4.69) is 4.98 Å². The largest absolute Gasteiger partial charge is 0.289 e. The van der Waals surface area contributed by atoms with E-state index in [1.165, 1.54) is 12.1 Å². The van der Waals surface area contributed by atoms with E-state index in [0.717, 1.165) is 21.3 Å². The Morgan fingerprint density at radius 2 is 1.60 bits per heavy atom. The molecule has 0 spiro atoms. The lowest BCUT2D eigenvalue weighted by molar-refractivity contribution is 0.628. The van der Waals surface area contributed by atoms with Crippen molar-refractivity contribution in [1.29, 1.82) is 0 Å². The van der Waals surface area contributed by atoms with Gasteiger partial charge in [0.2, 0.25) is 0 Å². The van der Waals surface area contributed by atoms with Crippen molar-refractivity contribution in [2.75, 3.05) is 0 Å². The highest BCUT2D eigenvalue weighted by Gasteiger charge is 2.07. The van der Waals surface area contributed by atoms with Crippen molar-refractivity contribution in [1.82, 2.24) is 4.98 Å². The van der Waals surface area contributed by atoms with Gasteiger partial charge in [0.05, 0.1) is 0 Å². The molecule has 98 valence electrons. The molecule has 0 aliphatic heterocycles. The smallest absolute Gasteiger partial charge is 0.194 e. The summed E-state index contributed by atoms with van der Waals surface area (Å²) in [5, 5.41) is 4.62. The van der Waals surface area contributed by atoms with E-state index in [9.17, 15) is 9.18 Å². The summed E-state index contributed by atoms with van der Waals surface area (Å²) in [5.74, 6) is -0.213. The molecule has 4 heteroatoms. The molecule has 0 aliphatic rings. The lowest BCUT2D eigenvalue weighted by Gasteiger charge is -1.93. The second-order valence-corrected chi connectivity index (χ2v) is 5.11. The fraction of sp³-hybridized carbons (Fsp3) is 0. The molecule has 4 rings (SSSR count). The number of thiazole rings is 1. The van der Waals surface area contributed by atoms with E-state index in [1.54, 1.807) is 29.7 Å². The van der Waals surface area contributed by atoms with E-state index < -0.39 is 0 Å². The number of fused-ring (bicyclic) bond motifs is 1. The Hall–Kier alpha value is -2.33. The topological polar surface area (TPSA) is 30.0 Å². The van der Waals surface area contributed by atoms with E-state index in [-0.39, 0.29) is 11.2 Å². The molecule has 1 aromatic heterocycles. The van der Waals surface area contributed by atoms with Crippen molar-refractivity contribution in [3.8, 4) is 10.6 Å². The van der Waals surface area contributed by atoms with Crippen LogP contribution in [0.2, 0.25) is 0 Å². The van der Waals surface area contributed by atoms with Crippen LogP contribution in [-0.4, -0.2) is 4.98 Å². The van der Waals surface area contributed by atoms with Gasteiger partial charge in [0.1, 0.15) is 10.8 Å². The first-order valence-corrected chi connectivity index (χ1v) is 6.93. The van der Waals surface area contributed by atoms with Gasteiger partial charge >= 0.3 is 0 Å². The van der Waals surface area contributed by atoms with Crippen molar-refractivity contribution in [3.05, 3.63) is 76.1 Å². The molecule has 0 atom stereocenters. The van der Waals surface area contributed by atoms with Crippen molar-refractivity contribution >= 4 is 22.1 Å². The van der Waals surface area contributed by atoms with Gasteiger partial charge in [-0.1, -0.05) is 24.3 Å². The highest BCUT2D eigenvalue weighted by Crippen LogP contribution is 2.21. The Balaban J connectivity index is 0.000000131. The highest BCUT2D eigenvalue weighted by atomic mass is 32.1. The summed E-state index contributed by atoms with van der Waals surface area (Å²) < 4.78 is 12.5. The third kappa shape index (κ3) is 2.65. The molecule has 0 unspecified atom stereocenters. The summed E-state index contributed by atoms with van der Waals surface area (Å²) in [6.45, 7) is 0. The van der Waals surface area contributed by atoms with Gasteiger partial charge < -0.3 is 0 Å². The average molecular weight is 283 g/mol. The normalized spacial score (nSPS) is 10.4. The Bertz CT molecular complexity index is 796. The Morgan fingerprint density at radius 1 is 0.950 bits per heavy atom. The zero-order valence-corrected chi connectivity index (χ0v) is 11.2. The van der Waals surface area contributed by atoms with Gasteiger partial charge in [0, 0.05) is 27.9 Å². The third-order valence-corrected chi connectivity index (χ3v) is 3.70. The summed E-state index contributed by atoms with van der Waals surface area (Å²) in [4.78, 5) is 14.7. The monoisotopic (exact) mass is 283 g/mol. The molecule has 0 bridgehead atoms. The van der Waals surface area contributed by atoms with Gasteiger partial charge in [-0.15, -0.1) is 11.3 Å². The van der Waals surface area contributed by atoms with Crippen LogP contribution in [0.15, 0.2) is 64.9 Å². The summed E-state index contributed by atoms with van der Waals surface area (Å²) in [6, 6.07) is 13.8. The van der Waals surface area contributed by atoms with Crippen molar-refractivity contribution < 1.29 is 4.39 Å². The van der Waals surface area contributed by atoms with Crippen LogP contribution in [-0.2, 0) is 0 Å². The summed E-state index contributed by atoms with van der Waals surface area (Å²) >= 11 is 1.55. The maximum atomic E-state index is 12.5. The second-order valence-electron chi connectivity index (χ2n) is 4.22. The molecule has 0 radical (unpaired) electrons. The molecule has 0 fully saturated rings. The molecule has 0 aliphatic carbocycles. The van der Waals surface area contributed by atoms with Crippen molar-refractivity contribution in [2.45, 2.75) is 0 Å². The van der Waals surface area contributed by atoms with Crippen LogP contribution in [0.5, 0.6) is 0 Å². The van der Waals surface area contributed by atoms with Crippen LogP contribution >= 0.6 is 11.3 Å². The van der Waals surface area contributed by atoms with E-state index in [4.69, 9.17) is 0 Å². The molecule has 1 heterocycles. The van der Waals surface area contributed by atoms with Crippen LogP contribution in [0, 0.1) is 5.82 Å². The minimum absolute atomic E-state index is 0.213. The summed E-state index contributed by atoms with van der Waals surface area (Å²) in [6.07, 6.45) is 1.74. The Morgan fingerprint density at radius 3 is 2.10 bits per heavy atom. The Kier molecular flexibility index (Phi) is 3.39. The number of aromatic nitrogens is 1. The van der Waals surface area contributed by atoms with Crippen LogP contribution in [0.1, 0.15) is 0 Å². The lowest BCUT2D eigenvalue weighted by Crippen LogP contribution is -1.76. The van der Waals surface area contributed by atoms with Crippen molar-refractivity contribution in [2.24, 2.45) is 0 Å². The molecular weight excluding hydrogens is 273 g/mol. The molecule has 20 heavy (non-hydrogen) atoms. The fourth-order valence-corrected chi connectivity index (χ4v) is 2.44. The number of nitrogens with zero attached hydrogens (tertiary/aromatic N) is 1. The summed E-state index contributed by atoms with van der Waals surface area (Å²) in [5.41, 5.74) is 1.18. The highest BCUT2D eigenvalue weighted by molar-refractivity contribution is 7.13. The number of halogens is 1. The quantitative estimate of drug-likeness (QED) is 0.528. The van der Waals surface area contributed by atoms with Crippen LogP contribution in [0.25, 0.3) is 21.3 Å². The van der Waals surface area contributed by atoms with Crippen LogP contribution < -0.4 is 5.43 Å². The lowest BCUT2D eigenvalue weighted by atomic mass is 10.2. The van der Waals surface area contributed by atoms with Crippen LogP contribution in [0.3, 0.4) is 0 Å². The minimum atomic E-state index is -0.213. The molecular formula is C16H10FNOS. The van der Waals surface area contributed by atoms with Gasteiger partial charge in [0.15, 0.2) is 5.43 Å². The van der Waals surface area contributed by atoms with Gasteiger partial charge in [0.25, 0.3) is 0 Å². The third-order valence-electron chi connectivity index (χ3n) is 2.88. The number of rotatable bonds is 1. The first-order chi connectivity index (χ1) is 9.75. The van der Waals surface area contributed by atoms with Crippen molar-refractivity contribution in [3.63, 3.8) is 0 Å². The van der Waals surface area contributed by atoms with Crippen LogP contribution in [0.4, 0.5) is 4.39 Å². The molecule has 2 nitrogen and oxygen atoms in total. The maximum absolute atomic E-state index is 12.5. The SMILES string of the molecule is Fc1ccc(-c2nccs2)cc1.O=c1c2ccccc12. The predicted molar refractivity (Wildman–Crippen MR) is 80.1 cm³/mol. The fourth-order valence-electron chi connectivity index (χ4n) is 1.79. The number of hydrogen-bond acceptors (Lipinski definition) is 3. The molecule has 4 aromatic rings. The van der Waals surface area contributed by atoms with Gasteiger partial charge in [-0.3, -0.25) is 4.79 Å². The van der Waals surface area contributed by atoms with E-state index >= 15 is 0 Å². The number of hydrogen-bond donors (Lipinski definition) is 0. The van der Waals surface area contributed by atoms with Gasteiger partial charge in [-0.25, -0.2) is 9.37 Å². The van der Waals surface area contributed by atoms with E-state index in [0.29, 0.717) is 0 Å². The zero-order chi connectivity index (χ0) is 13.9. The predicted octanol–water partition coefficient (Wildman–Crippen LogP) is 4.02. The minimum Gasteiger partial charge on any atom is -0.289 e. The molecule has 0 amide bonds. The molecule has 0 saturated heterocycles. The second kappa shape index (κ2) is 5.35. The first-order valence-electron chi connectivity index (χ1n) is 6.05. The Labute approximate surface area is 118 Å². The first kappa shape index (κ1) is 12.7. The standard InChI is InChI=1S/C9H6FNS.C7H4O/c10-8-3-1-7(2-4-8)9-11-5-6-12-9;8-7-5-3-1-2-4-6(5)7/h1-6H;1-4H. The zero-order valence-electron chi connectivity index (χ0n) is 10.4. The average Bonchev–Trinajstić information content (AvgIpc) is 2.92. The van der Waals surface area contributed by atoms with E-state index in [1.807, 2.05) is 29.6 Å². The van der Waals surface area contributed by atoms with Gasteiger partial charge in [-0.05, 0) is 24.3 Å². The molecule has 0 N–H and O–H groups in total. The maximum Gasteiger partial charge on any atom is 0.194 e.